The highest BCUT2D eigenvalue weighted by molar-refractivity contribution is 7.84. The molecule has 1 aliphatic heterocycles. The maximum atomic E-state index is 10.9. The Morgan fingerprint density at radius 1 is 1.44 bits per heavy atom. The molecular weight excluding hydrogens is 380 g/mol. The van der Waals surface area contributed by atoms with Crippen molar-refractivity contribution < 1.29 is 27.6 Å². The van der Waals surface area contributed by atoms with Crippen molar-refractivity contribution in [1.29, 1.82) is 0 Å². The molecular formula is C11H15ClN6O6S. The Morgan fingerprint density at radius 3 is 2.80 bits per heavy atom. The van der Waals surface area contributed by atoms with E-state index in [-0.39, 0.29) is 10.9 Å². The Balaban J connectivity index is 1.92. The van der Waals surface area contributed by atoms with Gasteiger partial charge >= 0.3 is 10.3 Å². The van der Waals surface area contributed by atoms with E-state index in [1.807, 2.05) is 0 Å². The minimum absolute atomic E-state index is 0.0549. The molecule has 1 saturated heterocycles. The van der Waals surface area contributed by atoms with Crippen LogP contribution in [0.25, 0.3) is 11.2 Å². The van der Waals surface area contributed by atoms with Crippen LogP contribution >= 0.6 is 11.6 Å². The van der Waals surface area contributed by atoms with Gasteiger partial charge in [0.25, 0.3) is 0 Å². The molecule has 3 rings (SSSR count). The molecule has 138 valence electrons. The lowest BCUT2D eigenvalue weighted by atomic mass is 10.1. The monoisotopic (exact) mass is 394 g/mol. The molecule has 0 spiro atoms. The Labute approximate surface area is 146 Å². The predicted molar refractivity (Wildman–Crippen MR) is 84.9 cm³/mol. The molecule has 2 aromatic rings. The molecule has 5 N–H and O–H groups in total. The number of imidazole rings is 1. The number of nitrogens with zero attached hydrogens (tertiary/aromatic N) is 4. The first-order valence-corrected chi connectivity index (χ1v) is 8.83. The van der Waals surface area contributed by atoms with Crippen molar-refractivity contribution in [2.24, 2.45) is 5.14 Å². The van der Waals surface area contributed by atoms with E-state index in [1.54, 1.807) is 7.05 Å². The van der Waals surface area contributed by atoms with Gasteiger partial charge in [-0.15, -0.1) is 0 Å². The Bertz CT molecular complexity index is 891. The summed E-state index contributed by atoms with van der Waals surface area (Å²) in [7, 11) is -2.58. The van der Waals surface area contributed by atoms with Crippen LogP contribution in [0.5, 0.6) is 0 Å². The van der Waals surface area contributed by atoms with Gasteiger partial charge in [-0.25, -0.2) is 10.1 Å². The number of fused-ring (bicyclic) bond motifs is 1. The Kier molecular flexibility index (Phi) is 4.80. The van der Waals surface area contributed by atoms with E-state index in [2.05, 4.69) is 24.5 Å². The van der Waals surface area contributed by atoms with E-state index in [1.165, 1.54) is 10.9 Å². The fourth-order valence-corrected chi connectivity index (χ4v) is 3.00. The summed E-state index contributed by atoms with van der Waals surface area (Å²) in [5.41, 5.74) is 0.634. The molecule has 0 aromatic carbocycles. The first kappa shape index (κ1) is 18.2. The number of aliphatic hydroxyl groups is 2. The molecule has 3 heterocycles. The van der Waals surface area contributed by atoms with E-state index in [0.29, 0.717) is 11.3 Å². The molecule has 25 heavy (non-hydrogen) atoms. The molecule has 14 heteroatoms. The van der Waals surface area contributed by atoms with Gasteiger partial charge in [-0.2, -0.15) is 18.4 Å². The van der Waals surface area contributed by atoms with Gasteiger partial charge in [0.15, 0.2) is 23.2 Å². The standard InChI is InChI=1S/C11H15ClN6O6S/c1-14-8-5-9(17-11(12)16-8)18(3-15-5)10-7(20)6(19)4(24-10)2-23-25(13,21)22/h3-4,6-7,10,19-20H,2H2,1H3,(H2,13,21,22)(H,14,16,17)/t4-,6-,7-,10-/m1/s1. The van der Waals surface area contributed by atoms with Gasteiger partial charge < -0.3 is 20.3 Å². The lowest BCUT2D eigenvalue weighted by Crippen LogP contribution is -2.35. The molecule has 1 aliphatic rings. The molecule has 2 aromatic heterocycles. The molecule has 1 fully saturated rings. The summed E-state index contributed by atoms with van der Waals surface area (Å²) in [6, 6.07) is 0. The van der Waals surface area contributed by atoms with Gasteiger partial charge in [0.1, 0.15) is 18.3 Å². The quantitative estimate of drug-likeness (QED) is 0.430. The summed E-state index contributed by atoms with van der Waals surface area (Å²) in [6.07, 6.45) is -3.69. The fraction of sp³-hybridized carbons (Fsp3) is 0.545. The maximum Gasteiger partial charge on any atom is 0.333 e. The van der Waals surface area contributed by atoms with Crippen molar-refractivity contribution in [3.05, 3.63) is 11.6 Å². The molecule has 0 bridgehead atoms. The minimum atomic E-state index is -4.21. The second kappa shape index (κ2) is 6.60. The third-order valence-corrected chi connectivity index (χ3v) is 4.27. The minimum Gasteiger partial charge on any atom is -0.387 e. The highest BCUT2D eigenvalue weighted by Gasteiger charge is 2.45. The number of aliphatic hydroxyl groups excluding tert-OH is 2. The Hall–Kier alpha value is -1.61. The van der Waals surface area contributed by atoms with Gasteiger partial charge in [0.2, 0.25) is 5.28 Å². The zero-order valence-corrected chi connectivity index (χ0v) is 14.3. The largest absolute Gasteiger partial charge is 0.387 e. The number of ether oxygens (including phenoxy) is 1. The number of aromatic nitrogens is 4. The number of nitrogens with two attached hydrogens (primary N) is 1. The van der Waals surface area contributed by atoms with Crippen LogP contribution in [0.2, 0.25) is 5.28 Å². The van der Waals surface area contributed by atoms with Crippen LogP contribution in [0, 0.1) is 0 Å². The van der Waals surface area contributed by atoms with Crippen LogP contribution in [0.4, 0.5) is 5.82 Å². The lowest BCUT2D eigenvalue weighted by molar-refractivity contribution is -0.0467. The van der Waals surface area contributed by atoms with Crippen molar-refractivity contribution in [3.63, 3.8) is 0 Å². The summed E-state index contributed by atoms with van der Waals surface area (Å²) in [5.74, 6) is 0.371. The van der Waals surface area contributed by atoms with Crippen LogP contribution in [-0.2, 0) is 19.2 Å². The average molecular weight is 395 g/mol. The topological polar surface area (TPSA) is 175 Å². The number of anilines is 1. The molecule has 0 saturated carbocycles. The van der Waals surface area contributed by atoms with Crippen molar-refractivity contribution in [1.82, 2.24) is 19.5 Å². The van der Waals surface area contributed by atoms with E-state index in [0.717, 1.165) is 0 Å². The summed E-state index contributed by atoms with van der Waals surface area (Å²) >= 11 is 5.88. The first-order valence-electron chi connectivity index (χ1n) is 6.98. The average Bonchev–Trinajstić information content (AvgIpc) is 3.06. The van der Waals surface area contributed by atoms with Crippen molar-refractivity contribution >= 4 is 38.9 Å². The lowest BCUT2D eigenvalue weighted by Gasteiger charge is -2.16. The van der Waals surface area contributed by atoms with Gasteiger partial charge in [0.05, 0.1) is 12.9 Å². The van der Waals surface area contributed by atoms with Gasteiger partial charge in [-0.1, -0.05) is 0 Å². The van der Waals surface area contributed by atoms with Gasteiger partial charge in [-0.05, 0) is 11.6 Å². The third-order valence-electron chi connectivity index (χ3n) is 3.64. The summed E-state index contributed by atoms with van der Waals surface area (Å²) in [4.78, 5) is 12.2. The number of nitrogens with one attached hydrogen (secondary N) is 1. The highest BCUT2D eigenvalue weighted by atomic mass is 35.5. The first-order chi connectivity index (χ1) is 11.7. The number of rotatable bonds is 5. The van der Waals surface area contributed by atoms with Crippen molar-refractivity contribution in [3.8, 4) is 0 Å². The van der Waals surface area contributed by atoms with E-state index >= 15 is 0 Å². The Morgan fingerprint density at radius 2 is 2.16 bits per heavy atom. The smallest absolute Gasteiger partial charge is 0.333 e. The normalized spacial score (nSPS) is 27.1. The number of halogens is 1. The predicted octanol–water partition coefficient (Wildman–Crippen LogP) is -1.64. The molecule has 0 radical (unpaired) electrons. The van der Waals surface area contributed by atoms with Crippen LogP contribution in [-0.4, -0.2) is 70.1 Å². The van der Waals surface area contributed by atoms with Crippen LogP contribution < -0.4 is 10.5 Å². The van der Waals surface area contributed by atoms with E-state index in [9.17, 15) is 18.6 Å². The summed E-state index contributed by atoms with van der Waals surface area (Å²) in [5, 5.41) is 27.8. The summed E-state index contributed by atoms with van der Waals surface area (Å²) in [6.45, 7) is -0.558. The fourth-order valence-electron chi connectivity index (χ4n) is 2.51. The van der Waals surface area contributed by atoms with Crippen molar-refractivity contribution in [2.45, 2.75) is 24.5 Å². The maximum absolute atomic E-state index is 10.9. The number of hydrogen-bond acceptors (Lipinski definition) is 10. The van der Waals surface area contributed by atoms with Crippen LogP contribution in [0.1, 0.15) is 6.23 Å². The second-order valence-corrected chi connectivity index (χ2v) is 6.80. The molecule has 12 nitrogen and oxygen atoms in total. The zero-order valence-electron chi connectivity index (χ0n) is 12.8. The van der Waals surface area contributed by atoms with E-state index in [4.69, 9.17) is 21.5 Å². The highest BCUT2D eigenvalue weighted by Crippen LogP contribution is 2.33. The SMILES string of the molecule is CNc1nc(Cl)nc2c1ncn2[C@@H]1O[C@H](COS(N)(=O)=O)[C@@H](O)[C@H]1O. The molecule has 0 aliphatic carbocycles. The van der Waals surface area contributed by atoms with Gasteiger partial charge in [0, 0.05) is 7.05 Å². The van der Waals surface area contributed by atoms with Gasteiger partial charge in [-0.3, -0.25) is 8.75 Å². The molecule has 0 amide bonds. The van der Waals surface area contributed by atoms with Crippen LogP contribution in [0.15, 0.2) is 6.33 Å². The zero-order chi connectivity index (χ0) is 18.4. The number of hydrogen-bond donors (Lipinski definition) is 4. The van der Waals surface area contributed by atoms with Crippen molar-refractivity contribution in [2.75, 3.05) is 19.0 Å². The summed E-state index contributed by atoms with van der Waals surface area (Å²) < 4.78 is 33.0. The molecule has 4 atom stereocenters. The van der Waals surface area contributed by atoms with Crippen LogP contribution in [0.3, 0.4) is 0 Å². The second-order valence-electron chi connectivity index (χ2n) is 5.24. The molecule has 0 unspecified atom stereocenters. The third kappa shape index (κ3) is 3.52. The van der Waals surface area contributed by atoms with E-state index < -0.39 is 41.5 Å².